The first kappa shape index (κ1) is 20.8. The first-order valence-electron chi connectivity index (χ1n) is 9.56. The Labute approximate surface area is 185 Å². The van der Waals surface area contributed by atoms with Gasteiger partial charge < -0.3 is 9.84 Å². The minimum absolute atomic E-state index is 0.0607. The van der Waals surface area contributed by atoms with Crippen molar-refractivity contribution in [3.63, 3.8) is 0 Å². The molecule has 4 rings (SSSR count). The van der Waals surface area contributed by atoms with Crippen molar-refractivity contribution in [1.29, 1.82) is 0 Å². The van der Waals surface area contributed by atoms with Gasteiger partial charge in [-0.05, 0) is 55.2 Å². The number of rotatable bonds is 2. The Morgan fingerprint density at radius 1 is 1.13 bits per heavy atom. The zero-order valence-electron chi connectivity index (χ0n) is 17.4. The van der Waals surface area contributed by atoms with Crippen LogP contribution in [0, 0.1) is 0 Å². The van der Waals surface area contributed by atoms with E-state index >= 15 is 0 Å². The molecule has 0 aliphatic carbocycles. The third kappa shape index (κ3) is 3.26. The summed E-state index contributed by atoms with van der Waals surface area (Å²) in [6, 6.07) is 11.0. The summed E-state index contributed by atoms with van der Waals surface area (Å²) >= 11 is 12.5. The lowest BCUT2D eigenvalue weighted by Crippen LogP contribution is -2.31. The second-order valence-electron chi connectivity index (χ2n) is 8.96. The molecule has 2 aromatic carbocycles. The third-order valence-corrected chi connectivity index (χ3v) is 5.83. The average Bonchev–Trinajstić information content (AvgIpc) is 3.02. The van der Waals surface area contributed by atoms with Crippen molar-refractivity contribution in [2.75, 3.05) is 0 Å². The van der Waals surface area contributed by atoms with Gasteiger partial charge in [0.1, 0.15) is 11.4 Å². The molecule has 30 heavy (non-hydrogen) atoms. The van der Waals surface area contributed by atoms with Crippen LogP contribution >= 0.6 is 23.2 Å². The lowest BCUT2D eigenvalue weighted by molar-refractivity contribution is 0.0664. The molecule has 0 fully saturated rings. The maximum Gasteiger partial charge on any atom is 0.356 e. The van der Waals surface area contributed by atoms with Crippen molar-refractivity contribution in [3.05, 3.63) is 63.3 Å². The van der Waals surface area contributed by atoms with Crippen LogP contribution in [0.5, 0.6) is 5.75 Å². The summed E-state index contributed by atoms with van der Waals surface area (Å²) in [5.41, 5.74) is 2.58. The third-order valence-electron chi connectivity index (χ3n) is 5.30. The summed E-state index contributed by atoms with van der Waals surface area (Å²) in [5, 5.41) is 15.2. The van der Waals surface area contributed by atoms with E-state index in [1.807, 2.05) is 32.0 Å². The second-order valence-corrected chi connectivity index (χ2v) is 9.80. The van der Waals surface area contributed by atoms with Crippen molar-refractivity contribution in [2.24, 2.45) is 0 Å². The van der Waals surface area contributed by atoms with E-state index in [4.69, 9.17) is 27.9 Å². The maximum absolute atomic E-state index is 12.1. The van der Waals surface area contributed by atoms with Crippen molar-refractivity contribution in [1.82, 2.24) is 9.78 Å². The number of halogens is 2. The minimum atomic E-state index is -1.12. The number of hydrogen-bond donors (Lipinski definition) is 1. The Morgan fingerprint density at radius 3 is 2.43 bits per heavy atom. The van der Waals surface area contributed by atoms with Gasteiger partial charge >= 0.3 is 5.97 Å². The fourth-order valence-electron chi connectivity index (χ4n) is 3.81. The minimum Gasteiger partial charge on any atom is -0.482 e. The van der Waals surface area contributed by atoms with E-state index < -0.39 is 11.6 Å². The van der Waals surface area contributed by atoms with Gasteiger partial charge in [0.25, 0.3) is 0 Å². The molecule has 0 spiro atoms. The molecule has 0 unspecified atom stereocenters. The molecular weight excluding hydrogens is 423 g/mol. The van der Waals surface area contributed by atoms with Gasteiger partial charge in [0.05, 0.1) is 22.0 Å². The van der Waals surface area contributed by atoms with Gasteiger partial charge in [-0.2, -0.15) is 5.10 Å². The standard InChI is InChI=1S/C23H22Cl2N2O3/c1-22(2,3)12-6-8-14-17(10-12)30-23(4,5)18-19(21(28)29)26-27(20(14)18)16-9-7-13(24)11-15(16)25/h6-11H,1-5H3,(H,28,29). The molecule has 1 N–H and O–H groups in total. The molecule has 1 aromatic heterocycles. The highest BCUT2D eigenvalue weighted by Gasteiger charge is 2.41. The van der Waals surface area contributed by atoms with Gasteiger partial charge in [0, 0.05) is 10.6 Å². The van der Waals surface area contributed by atoms with E-state index in [1.54, 1.807) is 22.9 Å². The fraction of sp³-hybridized carbons (Fsp3) is 0.304. The molecular formula is C23H22Cl2N2O3. The van der Waals surface area contributed by atoms with Crippen LogP contribution in [0.2, 0.25) is 10.0 Å². The predicted octanol–water partition coefficient (Wildman–Crippen LogP) is 6.47. The van der Waals surface area contributed by atoms with Crippen molar-refractivity contribution >= 4 is 29.2 Å². The Balaban J connectivity index is 2.08. The highest BCUT2D eigenvalue weighted by Crippen LogP contribution is 2.48. The van der Waals surface area contributed by atoms with Crippen molar-refractivity contribution in [3.8, 4) is 22.7 Å². The molecule has 3 aromatic rings. The lowest BCUT2D eigenvalue weighted by atomic mass is 9.83. The van der Waals surface area contributed by atoms with Gasteiger partial charge in [-0.25, -0.2) is 9.48 Å². The molecule has 0 radical (unpaired) electrons. The topological polar surface area (TPSA) is 64.3 Å². The molecule has 5 nitrogen and oxygen atoms in total. The first-order valence-corrected chi connectivity index (χ1v) is 10.3. The number of carboxylic acid groups (broad SMARTS) is 1. The van der Waals surface area contributed by atoms with Gasteiger partial charge in [0.2, 0.25) is 0 Å². The van der Waals surface area contributed by atoms with Gasteiger partial charge in [-0.1, -0.05) is 50.0 Å². The van der Waals surface area contributed by atoms with Gasteiger partial charge in [-0.15, -0.1) is 0 Å². The molecule has 0 saturated heterocycles. The van der Waals surface area contributed by atoms with Crippen LogP contribution in [-0.2, 0) is 11.0 Å². The van der Waals surface area contributed by atoms with E-state index in [1.165, 1.54) is 0 Å². The molecule has 1 aliphatic heterocycles. The molecule has 0 saturated carbocycles. The van der Waals surface area contributed by atoms with Gasteiger partial charge in [0.15, 0.2) is 5.69 Å². The Hall–Kier alpha value is -2.50. The summed E-state index contributed by atoms with van der Waals surface area (Å²) in [7, 11) is 0. The molecule has 0 bridgehead atoms. The summed E-state index contributed by atoms with van der Waals surface area (Å²) in [5.74, 6) is -0.440. The summed E-state index contributed by atoms with van der Waals surface area (Å²) in [6.07, 6.45) is 0. The smallest absolute Gasteiger partial charge is 0.356 e. The van der Waals surface area contributed by atoms with E-state index in [2.05, 4.69) is 25.9 Å². The number of aromatic carboxylic acids is 1. The number of carboxylic acids is 1. The van der Waals surface area contributed by atoms with E-state index in [9.17, 15) is 9.90 Å². The number of benzene rings is 2. The second kappa shape index (κ2) is 6.76. The number of fused-ring (bicyclic) bond motifs is 3. The molecule has 7 heteroatoms. The van der Waals surface area contributed by atoms with E-state index in [0.29, 0.717) is 32.7 Å². The van der Waals surface area contributed by atoms with Crippen LogP contribution in [-0.4, -0.2) is 20.9 Å². The summed E-state index contributed by atoms with van der Waals surface area (Å²) in [6.45, 7) is 10.1. The Bertz CT molecular complexity index is 1190. The molecule has 2 heterocycles. The van der Waals surface area contributed by atoms with E-state index in [-0.39, 0.29) is 11.1 Å². The number of nitrogens with zero attached hydrogens (tertiary/aromatic N) is 2. The quantitative estimate of drug-likeness (QED) is 0.491. The number of carbonyl (C=O) groups is 1. The summed E-state index contributed by atoms with van der Waals surface area (Å²) in [4.78, 5) is 12.1. The number of aromatic nitrogens is 2. The molecule has 0 amide bonds. The molecule has 156 valence electrons. The van der Waals surface area contributed by atoms with Crippen LogP contribution in [0.15, 0.2) is 36.4 Å². The van der Waals surface area contributed by atoms with E-state index in [0.717, 1.165) is 11.1 Å². The normalized spacial score (nSPS) is 14.6. The maximum atomic E-state index is 12.1. The van der Waals surface area contributed by atoms with Crippen LogP contribution in [0.3, 0.4) is 0 Å². The largest absolute Gasteiger partial charge is 0.482 e. The van der Waals surface area contributed by atoms with Crippen molar-refractivity contribution in [2.45, 2.75) is 45.6 Å². The van der Waals surface area contributed by atoms with Crippen LogP contribution < -0.4 is 4.74 Å². The average molecular weight is 445 g/mol. The number of ether oxygens (including phenoxy) is 1. The Morgan fingerprint density at radius 2 is 1.83 bits per heavy atom. The Kier molecular flexibility index (Phi) is 4.68. The highest BCUT2D eigenvalue weighted by atomic mass is 35.5. The van der Waals surface area contributed by atoms with Crippen LogP contribution in [0.4, 0.5) is 0 Å². The fourth-order valence-corrected chi connectivity index (χ4v) is 4.30. The van der Waals surface area contributed by atoms with Crippen LogP contribution in [0.25, 0.3) is 16.9 Å². The first-order chi connectivity index (χ1) is 13.9. The molecule has 1 aliphatic rings. The summed E-state index contributed by atoms with van der Waals surface area (Å²) < 4.78 is 7.88. The lowest BCUT2D eigenvalue weighted by Gasteiger charge is -2.34. The zero-order valence-corrected chi connectivity index (χ0v) is 18.9. The predicted molar refractivity (Wildman–Crippen MR) is 118 cm³/mol. The van der Waals surface area contributed by atoms with Gasteiger partial charge in [-0.3, -0.25) is 0 Å². The monoisotopic (exact) mass is 444 g/mol. The highest BCUT2D eigenvalue weighted by molar-refractivity contribution is 6.35. The number of hydrogen-bond acceptors (Lipinski definition) is 3. The molecule has 0 atom stereocenters. The van der Waals surface area contributed by atoms with Crippen LogP contribution in [0.1, 0.15) is 56.2 Å². The zero-order chi connectivity index (χ0) is 22.0. The SMILES string of the molecule is CC(C)(C)c1ccc2c(c1)OC(C)(C)c1c(C(=O)O)nn(-c3ccc(Cl)cc3Cl)c1-2. The van der Waals surface area contributed by atoms with Crippen molar-refractivity contribution < 1.29 is 14.6 Å².